The molecule has 0 aliphatic carbocycles. The van der Waals surface area contributed by atoms with Crippen molar-refractivity contribution in [3.63, 3.8) is 0 Å². The molecule has 124 valence electrons. The Morgan fingerprint density at radius 2 is 1.88 bits per heavy atom. The summed E-state index contributed by atoms with van der Waals surface area (Å²) < 4.78 is 0. The van der Waals surface area contributed by atoms with Crippen LogP contribution in [-0.2, 0) is 11.2 Å². The molecule has 2 aliphatic heterocycles. The van der Waals surface area contributed by atoms with Crippen LogP contribution in [0.25, 0.3) is 11.1 Å². The predicted molar refractivity (Wildman–Crippen MR) is 96.4 cm³/mol. The van der Waals surface area contributed by atoms with Crippen LogP contribution in [0.1, 0.15) is 12.0 Å². The zero-order chi connectivity index (χ0) is 16.7. The summed E-state index contributed by atoms with van der Waals surface area (Å²) in [6.45, 7) is 1.77. The molecular weight excluding hydrogens is 300 g/mol. The van der Waals surface area contributed by atoms with Crippen molar-refractivity contribution >= 4 is 17.3 Å². The predicted octanol–water partition coefficient (Wildman–Crippen LogP) is 2.69. The van der Waals surface area contributed by atoms with Crippen molar-refractivity contribution < 1.29 is 9.90 Å². The minimum absolute atomic E-state index is 0.0610. The number of nitrogens with zero attached hydrogens (tertiary/aromatic N) is 2. The van der Waals surface area contributed by atoms with Crippen molar-refractivity contribution in [1.82, 2.24) is 0 Å². The number of rotatable bonds is 3. The number of benzene rings is 2. The second-order valence-electron chi connectivity index (χ2n) is 6.82. The average Bonchev–Trinajstić information content (AvgIpc) is 3.18. The van der Waals surface area contributed by atoms with Gasteiger partial charge in [0.05, 0.1) is 0 Å². The summed E-state index contributed by atoms with van der Waals surface area (Å²) >= 11 is 0. The summed E-state index contributed by atoms with van der Waals surface area (Å²) in [5.41, 5.74) is 6.03. The Balaban J connectivity index is 1.57. The Bertz CT molecular complexity index is 770. The van der Waals surface area contributed by atoms with E-state index in [0.717, 1.165) is 18.7 Å². The summed E-state index contributed by atoms with van der Waals surface area (Å²) in [4.78, 5) is 16.1. The van der Waals surface area contributed by atoms with E-state index in [0.29, 0.717) is 13.0 Å². The fourth-order valence-electron chi connectivity index (χ4n) is 3.73. The first-order valence-electron chi connectivity index (χ1n) is 8.51. The molecule has 4 rings (SSSR count). The molecule has 0 aromatic heterocycles. The van der Waals surface area contributed by atoms with E-state index in [1.165, 1.54) is 22.4 Å². The smallest absolute Gasteiger partial charge is 0.227 e. The van der Waals surface area contributed by atoms with Gasteiger partial charge in [-0.3, -0.25) is 4.79 Å². The molecule has 2 aromatic carbocycles. The Morgan fingerprint density at radius 1 is 1.12 bits per heavy atom. The minimum Gasteiger partial charge on any atom is -0.396 e. The molecule has 4 heteroatoms. The number of carbonyl (C=O) groups is 1. The van der Waals surface area contributed by atoms with Crippen molar-refractivity contribution in [2.24, 2.45) is 5.92 Å². The highest BCUT2D eigenvalue weighted by Gasteiger charge is 2.29. The fraction of sp³-hybridized carbons (Fsp3) is 0.350. The van der Waals surface area contributed by atoms with Gasteiger partial charge in [0, 0.05) is 50.5 Å². The molecule has 1 N–H and O–H groups in total. The van der Waals surface area contributed by atoms with Crippen LogP contribution >= 0.6 is 0 Å². The van der Waals surface area contributed by atoms with E-state index in [-0.39, 0.29) is 18.4 Å². The quantitative estimate of drug-likeness (QED) is 0.945. The van der Waals surface area contributed by atoms with Crippen molar-refractivity contribution in [3.05, 3.63) is 48.0 Å². The lowest BCUT2D eigenvalue weighted by Gasteiger charge is -2.17. The summed E-state index contributed by atoms with van der Waals surface area (Å²) in [6.07, 6.45) is 1.54. The number of likely N-dealkylation sites (N-methyl/N-ethyl adjacent to an activating group) is 1. The molecule has 0 bridgehead atoms. The van der Waals surface area contributed by atoms with Gasteiger partial charge in [-0.15, -0.1) is 0 Å². The van der Waals surface area contributed by atoms with Crippen LogP contribution in [0.5, 0.6) is 0 Å². The lowest BCUT2D eigenvalue weighted by atomic mass is 10.0. The van der Waals surface area contributed by atoms with Gasteiger partial charge in [0.2, 0.25) is 5.91 Å². The van der Waals surface area contributed by atoms with Crippen molar-refractivity contribution in [1.29, 1.82) is 0 Å². The highest BCUT2D eigenvalue weighted by atomic mass is 16.3. The molecule has 2 aromatic rings. The summed E-state index contributed by atoms with van der Waals surface area (Å²) in [7, 11) is 2.13. The first kappa shape index (κ1) is 15.2. The average molecular weight is 322 g/mol. The first-order chi connectivity index (χ1) is 11.7. The number of amides is 1. The van der Waals surface area contributed by atoms with Gasteiger partial charge in [-0.25, -0.2) is 0 Å². The van der Waals surface area contributed by atoms with E-state index in [4.69, 9.17) is 0 Å². The molecule has 2 aliphatic rings. The summed E-state index contributed by atoms with van der Waals surface area (Å²) in [5, 5.41) is 9.25. The molecular formula is C20H22N2O2. The van der Waals surface area contributed by atoms with Crippen molar-refractivity contribution in [2.75, 3.05) is 36.5 Å². The highest BCUT2D eigenvalue weighted by Crippen LogP contribution is 2.32. The Hall–Kier alpha value is -2.33. The molecule has 0 spiro atoms. The van der Waals surface area contributed by atoms with Gasteiger partial charge >= 0.3 is 0 Å². The van der Waals surface area contributed by atoms with E-state index in [1.807, 2.05) is 12.1 Å². The second kappa shape index (κ2) is 5.95. The Kier molecular flexibility index (Phi) is 3.77. The second-order valence-corrected chi connectivity index (χ2v) is 6.82. The zero-order valence-electron chi connectivity index (χ0n) is 13.9. The van der Waals surface area contributed by atoms with Crippen LogP contribution < -0.4 is 9.80 Å². The third kappa shape index (κ3) is 2.57. The SMILES string of the molecule is CN1CCc2cc(-c3ccc(N4CC(CO)CC4=O)cc3)ccc21. The molecule has 0 saturated carbocycles. The Labute approximate surface area is 142 Å². The maximum absolute atomic E-state index is 12.1. The summed E-state index contributed by atoms with van der Waals surface area (Å²) in [5.74, 6) is 0.160. The number of aliphatic hydroxyl groups excluding tert-OH is 1. The van der Waals surface area contributed by atoms with Crippen LogP contribution in [0, 0.1) is 5.92 Å². The van der Waals surface area contributed by atoms with E-state index >= 15 is 0 Å². The highest BCUT2D eigenvalue weighted by molar-refractivity contribution is 5.96. The van der Waals surface area contributed by atoms with Crippen molar-refractivity contribution in [2.45, 2.75) is 12.8 Å². The summed E-state index contributed by atoms with van der Waals surface area (Å²) in [6, 6.07) is 14.8. The largest absolute Gasteiger partial charge is 0.396 e. The maximum atomic E-state index is 12.1. The van der Waals surface area contributed by atoms with Gasteiger partial charge in [0.1, 0.15) is 0 Å². The molecule has 1 saturated heterocycles. The van der Waals surface area contributed by atoms with E-state index in [1.54, 1.807) is 4.90 Å². The topological polar surface area (TPSA) is 43.8 Å². The molecule has 0 radical (unpaired) electrons. The maximum Gasteiger partial charge on any atom is 0.227 e. The fourth-order valence-corrected chi connectivity index (χ4v) is 3.73. The van der Waals surface area contributed by atoms with Gasteiger partial charge in [0.25, 0.3) is 0 Å². The minimum atomic E-state index is 0.0610. The molecule has 1 unspecified atom stereocenters. The molecule has 1 atom stereocenters. The van der Waals surface area contributed by atoms with Crippen LogP contribution in [-0.4, -0.2) is 37.8 Å². The van der Waals surface area contributed by atoms with Crippen LogP contribution in [0.2, 0.25) is 0 Å². The van der Waals surface area contributed by atoms with Crippen LogP contribution in [0.3, 0.4) is 0 Å². The lowest BCUT2D eigenvalue weighted by Crippen LogP contribution is -2.24. The lowest BCUT2D eigenvalue weighted by molar-refractivity contribution is -0.117. The van der Waals surface area contributed by atoms with Gasteiger partial charge in [-0.05, 0) is 47.4 Å². The first-order valence-corrected chi connectivity index (χ1v) is 8.51. The number of hydrogen-bond donors (Lipinski definition) is 1. The van der Waals surface area contributed by atoms with E-state index in [9.17, 15) is 9.90 Å². The van der Waals surface area contributed by atoms with Gasteiger partial charge in [-0.1, -0.05) is 18.2 Å². The van der Waals surface area contributed by atoms with Crippen LogP contribution in [0.15, 0.2) is 42.5 Å². The number of hydrogen-bond acceptors (Lipinski definition) is 3. The van der Waals surface area contributed by atoms with Gasteiger partial charge in [-0.2, -0.15) is 0 Å². The zero-order valence-corrected chi connectivity index (χ0v) is 13.9. The molecule has 2 heterocycles. The van der Waals surface area contributed by atoms with Gasteiger partial charge in [0.15, 0.2) is 0 Å². The number of anilines is 2. The standard InChI is InChI=1S/C20H22N2O2/c1-21-9-8-17-11-16(4-7-19(17)21)15-2-5-18(6-3-15)22-12-14(13-23)10-20(22)24/h2-7,11,14,23H,8-10,12-13H2,1H3. The van der Waals surface area contributed by atoms with Crippen molar-refractivity contribution in [3.8, 4) is 11.1 Å². The molecule has 1 amide bonds. The Morgan fingerprint density at radius 3 is 2.58 bits per heavy atom. The normalized spacial score (nSPS) is 19.9. The third-order valence-corrected chi connectivity index (χ3v) is 5.18. The number of aliphatic hydroxyl groups is 1. The number of fused-ring (bicyclic) bond motifs is 1. The number of carbonyl (C=O) groups excluding carboxylic acids is 1. The molecule has 4 nitrogen and oxygen atoms in total. The van der Waals surface area contributed by atoms with E-state index in [2.05, 4.69) is 42.3 Å². The van der Waals surface area contributed by atoms with E-state index < -0.39 is 0 Å². The molecule has 1 fully saturated rings. The molecule has 24 heavy (non-hydrogen) atoms. The third-order valence-electron chi connectivity index (χ3n) is 5.18. The van der Waals surface area contributed by atoms with Crippen LogP contribution in [0.4, 0.5) is 11.4 Å². The monoisotopic (exact) mass is 322 g/mol. The van der Waals surface area contributed by atoms with Gasteiger partial charge < -0.3 is 14.9 Å².